The molecule has 1 amide bonds. The molecule has 0 aliphatic carbocycles. The Morgan fingerprint density at radius 3 is 2.48 bits per heavy atom. The molecule has 3 N–H and O–H groups in total. The summed E-state index contributed by atoms with van der Waals surface area (Å²) in [7, 11) is 0. The molecule has 0 saturated heterocycles. The van der Waals surface area contributed by atoms with Gasteiger partial charge in [0.05, 0.1) is 0 Å². The zero-order valence-electron chi connectivity index (χ0n) is 17.1. The molecule has 31 heavy (non-hydrogen) atoms. The van der Waals surface area contributed by atoms with Crippen LogP contribution in [-0.4, -0.2) is 28.3 Å². The highest BCUT2D eigenvalue weighted by atomic mass is 19.4. The number of hydrogen-bond acceptors (Lipinski definition) is 5. The van der Waals surface area contributed by atoms with Gasteiger partial charge in [0.25, 0.3) is 0 Å². The van der Waals surface area contributed by atoms with Crippen LogP contribution >= 0.6 is 0 Å². The second-order valence-corrected chi connectivity index (χ2v) is 6.81. The number of hydrogen-bond donors (Lipinski definition) is 3. The third-order valence-corrected chi connectivity index (χ3v) is 4.11. The second-order valence-electron chi connectivity index (χ2n) is 6.81. The molecule has 10 heteroatoms. The lowest BCUT2D eigenvalue weighted by molar-refractivity contribution is -0.133. The summed E-state index contributed by atoms with van der Waals surface area (Å²) in [6.07, 6.45) is 0.0577. The maximum Gasteiger partial charge on any atom is 0.408 e. The molecule has 0 fully saturated rings. The lowest BCUT2D eigenvalue weighted by Gasteiger charge is -2.06. The third-order valence-electron chi connectivity index (χ3n) is 4.11. The number of halogens is 3. The number of unbranched alkanes of at least 4 members (excludes halogenated alkanes) is 1. The minimum Gasteiger partial charge on any atom is -0.507 e. The molecule has 0 unspecified atom stereocenters. The molecule has 0 aromatic carbocycles. The zero-order valence-corrected chi connectivity index (χ0v) is 17.1. The number of aromatic hydroxyl groups is 1. The van der Waals surface area contributed by atoms with Crippen molar-refractivity contribution in [2.24, 2.45) is 0 Å². The first-order valence-electron chi connectivity index (χ1n) is 9.36. The zero-order chi connectivity index (χ0) is 23.6. The second kappa shape index (κ2) is 11.8. The van der Waals surface area contributed by atoms with E-state index in [0.717, 1.165) is 6.07 Å². The predicted molar refractivity (Wildman–Crippen MR) is 107 cm³/mol. The summed E-state index contributed by atoms with van der Waals surface area (Å²) in [5.74, 6) is -1.19. The van der Waals surface area contributed by atoms with E-state index in [-0.39, 0.29) is 24.2 Å². The summed E-state index contributed by atoms with van der Waals surface area (Å²) in [6, 6.07) is 1.16. The van der Waals surface area contributed by atoms with E-state index >= 15 is 0 Å². The molecule has 1 aromatic heterocycles. The maximum absolute atomic E-state index is 12.5. The molecule has 1 heterocycles. The van der Waals surface area contributed by atoms with Crippen molar-refractivity contribution >= 4 is 11.9 Å². The summed E-state index contributed by atoms with van der Waals surface area (Å²) in [5, 5.41) is 20.6. The van der Waals surface area contributed by atoms with Crippen LogP contribution in [0.25, 0.3) is 0 Å². The van der Waals surface area contributed by atoms with Crippen LogP contribution in [0.1, 0.15) is 55.6 Å². The van der Waals surface area contributed by atoms with Gasteiger partial charge in [0, 0.05) is 25.1 Å². The van der Waals surface area contributed by atoms with Gasteiger partial charge in [-0.05, 0) is 38.7 Å². The van der Waals surface area contributed by atoms with Crippen molar-refractivity contribution in [3.05, 3.63) is 63.4 Å². The molecule has 0 saturated carbocycles. The Balaban J connectivity index is 2.81. The van der Waals surface area contributed by atoms with Crippen molar-refractivity contribution in [1.82, 2.24) is 5.32 Å². The molecule has 0 aliphatic rings. The van der Waals surface area contributed by atoms with Crippen LogP contribution in [0, 0.1) is 0 Å². The Kier molecular flexibility index (Phi) is 9.78. The maximum atomic E-state index is 12.5. The van der Waals surface area contributed by atoms with Gasteiger partial charge in [-0.15, -0.1) is 0 Å². The van der Waals surface area contributed by atoms with Crippen molar-refractivity contribution < 1.29 is 37.4 Å². The minimum absolute atomic E-state index is 0.0535. The number of alkyl halides is 3. The van der Waals surface area contributed by atoms with E-state index in [1.54, 1.807) is 6.08 Å². The number of carboxylic acid groups (broad SMARTS) is 1. The average Bonchev–Trinajstić information content (AvgIpc) is 2.65. The lowest BCUT2D eigenvalue weighted by Crippen LogP contribution is -2.16. The van der Waals surface area contributed by atoms with E-state index in [0.29, 0.717) is 18.4 Å². The Morgan fingerprint density at radius 2 is 1.90 bits per heavy atom. The number of nitrogens with one attached hydrogen (secondary N) is 1. The number of carbonyl (C=O) groups excluding carboxylic acids is 1. The van der Waals surface area contributed by atoms with Crippen molar-refractivity contribution in [3.63, 3.8) is 0 Å². The van der Waals surface area contributed by atoms with Crippen LogP contribution in [0.5, 0.6) is 5.75 Å². The van der Waals surface area contributed by atoms with Gasteiger partial charge in [0.2, 0.25) is 0 Å². The van der Waals surface area contributed by atoms with Gasteiger partial charge < -0.3 is 14.6 Å². The standard InChI is InChI=1S/C21H24F3NO6/c1-13(9-10-21(22,23)24)7-8-14(2)18(27)17-16(26)12-15(31-19(17)28)6-4-3-5-11-25-20(29)30/h5,7-8,11-12,25-26H,3-4,6,9-10H2,1-2H3,(H,29,30)/b11-5+,13-7+,14-8+. The van der Waals surface area contributed by atoms with Gasteiger partial charge in [-0.2, -0.15) is 13.2 Å². The topological polar surface area (TPSA) is 117 Å². The number of carbonyl (C=O) groups is 2. The summed E-state index contributed by atoms with van der Waals surface area (Å²) >= 11 is 0. The van der Waals surface area contributed by atoms with Gasteiger partial charge in [0.15, 0.2) is 5.78 Å². The molecule has 0 spiro atoms. The highest BCUT2D eigenvalue weighted by Gasteiger charge is 2.26. The van der Waals surface area contributed by atoms with Gasteiger partial charge in [-0.1, -0.05) is 23.8 Å². The van der Waals surface area contributed by atoms with Gasteiger partial charge in [0.1, 0.15) is 17.1 Å². The number of amides is 1. The predicted octanol–water partition coefficient (Wildman–Crippen LogP) is 4.87. The molecule has 170 valence electrons. The van der Waals surface area contributed by atoms with Crippen LogP contribution < -0.4 is 10.9 Å². The van der Waals surface area contributed by atoms with Crippen molar-refractivity contribution in [1.29, 1.82) is 0 Å². The fourth-order valence-corrected chi connectivity index (χ4v) is 2.43. The SMILES string of the molecule is C/C(=C\C=C(/C)C(=O)c1c(O)cc(CCC/C=C/NC(=O)O)oc1=O)CCC(F)(F)F. The molecule has 1 aromatic rings. The Labute approximate surface area is 176 Å². The first kappa shape index (κ1) is 25.7. The van der Waals surface area contributed by atoms with Crippen LogP contribution in [0.2, 0.25) is 0 Å². The minimum atomic E-state index is -4.28. The van der Waals surface area contributed by atoms with Crippen LogP contribution in [0.15, 0.2) is 50.9 Å². The Morgan fingerprint density at radius 1 is 1.23 bits per heavy atom. The Hall–Kier alpha value is -3.30. The van der Waals surface area contributed by atoms with Crippen LogP contribution in [-0.2, 0) is 6.42 Å². The summed E-state index contributed by atoms with van der Waals surface area (Å²) in [5.41, 5.74) is -1.11. The molecule has 0 radical (unpaired) electrons. The number of aryl methyl sites for hydroxylation is 1. The fraction of sp³-hybridized carbons (Fsp3) is 0.381. The van der Waals surface area contributed by atoms with E-state index in [4.69, 9.17) is 9.52 Å². The van der Waals surface area contributed by atoms with Crippen molar-refractivity contribution in [2.45, 2.75) is 52.1 Å². The number of rotatable bonds is 10. The van der Waals surface area contributed by atoms with Gasteiger partial charge in [-0.3, -0.25) is 10.1 Å². The normalized spacial score (nSPS) is 12.9. The average molecular weight is 443 g/mol. The first-order valence-corrected chi connectivity index (χ1v) is 9.36. The smallest absolute Gasteiger partial charge is 0.408 e. The molecular formula is C21H24F3NO6. The molecule has 0 atom stereocenters. The van der Waals surface area contributed by atoms with E-state index in [1.807, 2.05) is 5.32 Å². The quantitative estimate of drug-likeness (QED) is 0.206. The van der Waals surface area contributed by atoms with Gasteiger partial charge >= 0.3 is 17.9 Å². The summed E-state index contributed by atoms with van der Waals surface area (Å²) < 4.78 is 41.8. The molecular weight excluding hydrogens is 419 g/mol. The highest BCUT2D eigenvalue weighted by Crippen LogP contribution is 2.24. The van der Waals surface area contributed by atoms with Crippen LogP contribution in [0.3, 0.4) is 0 Å². The van der Waals surface area contributed by atoms with Crippen molar-refractivity contribution in [3.8, 4) is 5.75 Å². The third kappa shape index (κ3) is 9.83. The van der Waals surface area contributed by atoms with Crippen molar-refractivity contribution in [2.75, 3.05) is 0 Å². The largest absolute Gasteiger partial charge is 0.507 e. The van der Waals surface area contributed by atoms with Crippen LogP contribution in [0.4, 0.5) is 18.0 Å². The molecule has 0 bridgehead atoms. The van der Waals surface area contributed by atoms with E-state index in [9.17, 15) is 32.7 Å². The molecule has 0 aliphatic heterocycles. The highest BCUT2D eigenvalue weighted by molar-refractivity contribution is 6.09. The van der Waals surface area contributed by atoms with E-state index < -0.39 is 41.4 Å². The number of Topliss-reactive ketones (excluding diaryl/α,β-unsaturated/α-hetero) is 1. The van der Waals surface area contributed by atoms with E-state index in [1.165, 1.54) is 32.2 Å². The molecule has 7 nitrogen and oxygen atoms in total. The summed E-state index contributed by atoms with van der Waals surface area (Å²) in [4.78, 5) is 34.9. The van der Waals surface area contributed by atoms with E-state index in [2.05, 4.69) is 0 Å². The lowest BCUT2D eigenvalue weighted by atomic mass is 10.0. The summed E-state index contributed by atoms with van der Waals surface area (Å²) in [6.45, 7) is 2.87. The number of allylic oxidation sites excluding steroid dienone is 5. The van der Waals surface area contributed by atoms with Gasteiger partial charge in [-0.25, -0.2) is 9.59 Å². The number of ketones is 1. The Bertz CT molecular complexity index is 941. The monoisotopic (exact) mass is 443 g/mol. The fourth-order valence-electron chi connectivity index (χ4n) is 2.43. The first-order chi connectivity index (χ1) is 14.4. The molecule has 1 rings (SSSR count).